The minimum atomic E-state index is -0.528. The molecule has 0 heterocycles. The van der Waals surface area contributed by atoms with Crippen molar-refractivity contribution in [1.82, 2.24) is 4.90 Å². The third kappa shape index (κ3) is 5.32. The second-order valence-electron chi connectivity index (χ2n) is 6.51. The van der Waals surface area contributed by atoms with Gasteiger partial charge in [0.05, 0.1) is 11.5 Å². The van der Waals surface area contributed by atoms with E-state index in [0.29, 0.717) is 17.1 Å². The van der Waals surface area contributed by atoms with Crippen LogP contribution in [0.4, 0.5) is 21.5 Å². The maximum absolute atomic E-state index is 12.9. The number of carbonyl (C=O) groups is 1. The van der Waals surface area contributed by atoms with Gasteiger partial charge in [-0.15, -0.1) is 0 Å². The van der Waals surface area contributed by atoms with Gasteiger partial charge in [-0.25, -0.2) is 4.39 Å². The first-order valence-electron chi connectivity index (χ1n) is 9.18. The van der Waals surface area contributed by atoms with Crippen molar-refractivity contribution in [3.63, 3.8) is 0 Å². The topological polar surface area (TPSA) is 84.7 Å². The highest BCUT2D eigenvalue weighted by Crippen LogP contribution is 2.29. The Morgan fingerprint density at radius 3 is 2.47 bits per heavy atom. The number of nitrogens with zero attached hydrogens (tertiary/aromatic N) is 2. The summed E-state index contributed by atoms with van der Waals surface area (Å²) in [4.78, 5) is 25.0. The maximum atomic E-state index is 12.9. The molecule has 0 spiro atoms. The fourth-order valence-electron chi connectivity index (χ4n) is 2.75. The fraction of sp³-hybridized carbons (Fsp3) is 0.136. The summed E-state index contributed by atoms with van der Waals surface area (Å²) >= 11 is 0. The van der Waals surface area contributed by atoms with Crippen LogP contribution in [0.1, 0.15) is 10.4 Å². The molecule has 0 radical (unpaired) electrons. The van der Waals surface area contributed by atoms with Crippen LogP contribution >= 0.6 is 0 Å². The van der Waals surface area contributed by atoms with E-state index in [1.54, 1.807) is 19.2 Å². The summed E-state index contributed by atoms with van der Waals surface area (Å²) in [7, 11) is 1.58. The summed E-state index contributed by atoms with van der Waals surface area (Å²) in [6.45, 7) is 0.456. The van der Waals surface area contributed by atoms with Crippen LogP contribution in [0.15, 0.2) is 72.8 Å². The van der Waals surface area contributed by atoms with E-state index in [9.17, 15) is 19.3 Å². The first kappa shape index (κ1) is 20.8. The van der Waals surface area contributed by atoms with Crippen molar-refractivity contribution in [2.24, 2.45) is 0 Å². The number of benzene rings is 3. The highest BCUT2D eigenvalue weighted by molar-refractivity contribution is 5.95. The van der Waals surface area contributed by atoms with Gasteiger partial charge in [-0.3, -0.25) is 14.9 Å². The van der Waals surface area contributed by atoms with E-state index in [1.807, 2.05) is 18.2 Å². The van der Waals surface area contributed by atoms with Crippen LogP contribution in [0.25, 0.3) is 0 Å². The molecule has 1 N–H and O–H groups in total. The number of hydrogen-bond acceptors (Lipinski definition) is 5. The highest BCUT2D eigenvalue weighted by Gasteiger charge is 2.20. The molecule has 3 aromatic rings. The number of nitro groups is 1. The van der Waals surface area contributed by atoms with Crippen LogP contribution in [0.3, 0.4) is 0 Å². The van der Waals surface area contributed by atoms with Gasteiger partial charge in [-0.2, -0.15) is 0 Å². The van der Waals surface area contributed by atoms with Crippen LogP contribution in [-0.2, 0) is 0 Å². The Kier molecular flexibility index (Phi) is 6.59. The van der Waals surface area contributed by atoms with Crippen LogP contribution in [-0.4, -0.2) is 35.9 Å². The lowest BCUT2D eigenvalue weighted by molar-refractivity contribution is -0.383. The van der Waals surface area contributed by atoms with Crippen LogP contribution in [0.5, 0.6) is 5.75 Å². The highest BCUT2D eigenvalue weighted by atomic mass is 19.1. The van der Waals surface area contributed by atoms with E-state index >= 15 is 0 Å². The number of ether oxygens (including phenoxy) is 1. The zero-order chi connectivity index (χ0) is 21.5. The van der Waals surface area contributed by atoms with Crippen molar-refractivity contribution in [1.29, 1.82) is 0 Å². The molecule has 0 aromatic heterocycles. The molecule has 8 heteroatoms. The number of para-hydroxylation sites is 1. The number of likely N-dealkylation sites (N-methyl/N-ethyl adjacent to an activating group) is 1. The van der Waals surface area contributed by atoms with Gasteiger partial charge in [0.2, 0.25) is 0 Å². The van der Waals surface area contributed by atoms with E-state index < -0.39 is 4.92 Å². The van der Waals surface area contributed by atoms with E-state index in [0.717, 1.165) is 0 Å². The quantitative estimate of drug-likeness (QED) is 0.433. The van der Waals surface area contributed by atoms with Crippen molar-refractivity contribution in [3.8, 4) is 5.75 Å². The van der Waals surface area contributed by atoms with Crippen molar-refractivity contribution in [2.75, 3.05) is 25.5 Å². The summed E-state index contributed by atoms with van der Waals surface area (Å²) in [5, 5.41) is 14.5. The number of nitro benzene ring substituents is 1. The smallest absolute Gasteiger partial charge is 0.293 e. The molecule has 3 rings (SSSR count). The molecule has 0 saturated heterocycles. The standard InChI is InChI=1S/C22H20FN3O4/c1-25(13-14-30-19-10-8-17(23)9-11-19)22(27)16-7-12-20(21(15-16)26(28)29)24-18-5-3-2-4-6-18/h2-12,15,24H,13-14H2,1H3. The van der Waals surface area contributed by atoms with E-state index in [2.05, 4.69) is 5.32 Å². The maximum Gasteiger partial charge on any atom is 0.293 e. The number of anilines is 2. The van der Waals surface area contributed by atoms with Gasteiger partial charge in [0.1, 0.15) is 23.9 Å². The molecule has 154 valence electrons. The molecule has 0 atom stereocenters. The molecular weight excluding hydrogens is 389 g/mol. The van der Waals surface area contributed by atoms with Gasteiger partial charge in [0, 0.05) is 24.4 Å². The van der Waals surface area contributed by atoms with Gasteiger partial charge in [0.25, 0.3) is 11.6 Å². The third-order valence-corrected chi connectivity index (χ3v) is 4.35. The van der Waals surface area contributed by atoms with Gasteiger partial charge < -0.3 is 15.0 Å². The summed E-state index contributed by atoms with van der Waals surface area (Å²) in [5.74, 6) is -0.238. The summed E-state index contributed by atoms with van der Waals surface area (Å²) in [5.41, 5.74) is 1.00. The molecule has 0 aliphatic carbocycles. The molecular formula is C22H20FN3O4. The normalized spacial score (nSPS) is 10.3. The van der Waals surface area contributed by atoms with Crippen LogP contribution in [0.2, 0.25) is 0 Å². The number of nitrogens with one attached hydrogen (secondary N) is 1. The Morgan fingerprint density at radius 1 is 1.10 bits per heavy atom. The predicted octanol–water partition coefficient (Wildman–Crippen LogP) is 4.63. The molecule has 0 unspecified atom stereocenters. The molecule has 30 heavy (non-hydrogen) atoms. The summed E-state index contributed by atoms with van der Waals surface area (Å²) < 4.78 is 18.4. The summed E-state index contributed by atoms with van der Waals surface area (Å²) in [6.07, 6.45) is 0. The van der Waals surface area contributed by atoms with E-state index in [4.69, 9.17) is 4.74 Å². The molecule has 0 bridgehead atoms. The lowest BCUT2D eigenvalue weighted by Crippen LogP contribution is -2.30. The van der Waals surface area contributed by atoms with Crippen molar-refractivity contribution >= 4 is 23.0 Å². The molecule has 3 aromatic carbocycles. The molecule has 0 aliphatic rings. The zero-order valence-corrected chi connectivity index (χ0v) is 16.2. The van der Waals surface area contributed by atoms with E-state index in [1.165, 1.54) is 47.4 Å². The number of hydrogen-bond donors (Lipinski definition) is 1. The molecule has 0 saturated carbocycles. The number of halogens is 1. The molecule has 7 nitrogen and oxygen atoms in total. The third-order valence-electron chi connectivity index (χ3n) is 4.35. The SMILES string of the molecule is CN(CCOc1ccc(F)cc1)C(=O)c1ccc(Nc2ccccc2)c([N+](=O)[O-])c1. The van der Waals surface area contributed by atoms with Gasteiger partial charge in [-0.05, 0) is 48.5 Å². The largest absolute Gasteiger partial charge is 0.492 e. The van der Waals surface area contributed by atoms with Gasteiger partial charge in [0.15, 0.2) is 0 Å². The van der Waals surface area contributed by atoms with Crippen molar-refractivity contribution < 1.29 is 18.8 Å². The van der Waals surface area contributed by atoms with Crippen LogP contribution in [0, 0.1) is 15.9 Å². The Labute approximate surface area is 172 Å². The second-order valence-corrected chi connectivity index (χ2v) is 6.51. The number of carbonyl (C=O) groups excluding carboxylic acids is 1. The predicted molar refractivity (Wildman–Crippen MR) is 112 cm³/mol. The first-order chi connectivity index (χ1) is 14.4. The van der Waals surface area contributed by atoms with Crippen LogP contribution < -0.4 is 10.1 Å². The molecule has 0 aliphatic heterocycles. The lowest BCUT2D eigenvalue weighted by Gasteiger charge is -2.18. The molecule has 1 amide bonds. The number of amides is 1. The lowest BCUT2D eigenvalue weighted by atomic mass is 10.1. The van der Waals surface area contributed by atoms with Crippen molar-refractivity contribution in [3.05, 3.63) is 94.3 Å². The van der Waals surface area contributed by atoms with E-state index in [-0.39, 0.29) is 36.1 Å². The molecule has 0 fully saturated rings. The minimum absolute atomic E-state index is 0.194. The average Bonchev–Trinajstić information content (AvgIpc) is 2.75. The van der Waals surface area contributed by atoms with Gasteiger partial charge in [-0.1, -0.05) is 18.2 Å². The Hall–Kier alpha value is -3.94. The number of rotatable bonds is 8. The zero-order valence-electron chi connectivity index (χ0n) is 16.2. The Bertz CT molecular complexity index is 1030. The fourth-order valence-corrected chi connectivity index (χ4v) is 2.75. The van der Waals surface area contributed by atoms with Crippen molar-refractivity contribution in [2.45, 2.75) is 0 Å². The average molecular weight is 409 g/mol. The summed E-state index contributed by atoms with van der Waals surface area (Å²) in [6, 6.07) is 18.9. The minimum Gasteiger partial charge on any atom is -0.492 e. The first-order valence-corrected chi connectivity index (χ1v) is 9.18. The van der Waals surface area contributed by atoms with Gasteiger partial charge >= 0.3 is 0 Å². The Balaban J connectivity index is 1.66. The second kappa shape index (κ2) is 9.51. The monoisotopic (exact) mass is 409 g/mol. The Morgan fingerprint density at radius 2 is 1.80 bits per heavy atom.